The van der Waals surface area contributed by atoms with Crippen molar-refractivity contribution in [3.8, 4) is 5.69 Å². The van der Waals surface area contributed by atoms with Crippen molar-refractivity contribution in [2.75, 3.05) is 19.6 Å². The fourth-order valence-electron chi connectivity index (χ4n) is 3.86. The molecule has 122 valence electrons. The third-order valence-corrected chi connectivity index (χ3v) is 5.02. The van der Waals surface area contributed by atoms with E-state index in [2.05, 4.69) is 10.2 Å². The topological polar surface area (TPSA) is 54.3 Å². The number of aryl methyl sites for hydroxylation is 1. The number of hydrogen-bond acceptors (Lipinski definition) is 4. The van der Waals surface area contributed by atoms with E-state index >= 15 is 0 Å². The van der Waals surface area contributed by atoms with Crippen LogP contribution in [0.15, 0.2) is 30.6 Å². The number of amides is 1. The highest BCUT2D eigenvalue weighted by atomic mass is 16.2. The van der Waals surface area contributed by atoms with E-state index < -0.39 is 0 Å². The van der Waals surface area contributed by atoms with Gasteiger partial charge in [-0.3, -0.25) is 4.79 Å². The van der Waals surface area contributed by atoms with Crippen LogP contribution in [-0.2, 0) is 0 Å². The first-order chi connectivity index (χ1) is 11.6. The molecule has 4 heterocycles. The summed E-state index contributed by atoms with van der Waals surface area (Å²) in [6.45, 7) is 4.37. The van der Waals surface area contributed by atoms with Gasteiger partial charge in [0.15, 0.2) is 7.98 Å². The van der Waals surface area contributed by atoms with Gasteiger partial charge >= 0.3 is 0 Å². The molecule has 3 aliphatic rings. The molecular formula is C17H20BN5O. The molecular weight excluding hydrogens is 301 g/mol. The van der Waals surface area contributed by atoms with Crippen molar-refractivity contribution in [3.05, 3.63) is 41.7 Å². The van der Waals surface area contributed by atoms with Crippen LogP contribution in [0, 0.1) is 12.8 Å². The van der Waals surface area contributed by atoms with Gasteiger partial charge in [0.2, 0.25) is 0 Å². The maximum atomic E-state index is 13.3. The van der Waals surface area contributed by atoms with E-state index in [9.17, 15) is 4.79 Å². The summed E-state index contributed by atoms with van der Waals surface area (Å²) < 4.78 is 0. The summed E-state index contributed by atoms with van der Waals surface area (Å²) in [4.78, 5) is 18.7. The van der Waals surface area contributed by atoms with Crippen molar-refractivity contribution in [3.63, 3.8) is 0 Å². The van der Waals surface area contributed by atoms with Crippen LogP contribution in [0.2, 0.25) is 0 Å². The molecule has 2 radical (unpaired) electrons. The molecule has 24 heavy (non-hydrogen) atoms. The second kappa shape index (κ2) is 6.05. The first-order valence-corrected chi connectivity index (χ1v) is 8.40. The van der Waals surface area contributed by atoms with Gasteiger partial charge in [-0.05, 0) is 44.4 Å². The highest BCUT2D eigenvalue weighted by Crippen LogP contribution is 2.29. The minimum Gasteiger partial charge on any atom is -0.351 e. The predicted octanol–water partition coefficient (Wildman–Crippen LogP) is 1.20. The maximum absolute atomic E-state index is 13.3. The van der Waals surface area contributed by atoms with E-state index in [-0.39, 0.29) is 11.9 Å². The van der Waals surface area contributed by atoms with Gasteiger partial charge in [-0.2, -0.15) is 15.0 Å². The Bertz CT molecular complexity index is 747. The fourth-order valence-corrected chi connectivity index (χ4v) is 3.86. The molecule has 2 bridgehead atoms. The van der Waals surface area contributed by atoms with Gasteiger partial charge in [-0.1, -0.05) is 11.6 Å². The number of benzene rings is 1. The Balaban J connectivity index is 1.71. The first kappa shape index (κ1) is 15.4. The van der Waals surface area contributed by atoms with Crippen molar-refractivity contribution in [2.24, 2.45) is 5.92 Å². The summed E-state index contributed by atoms with van der Waals surface area (Å²) in [5, 5.41) is 8.38. The van der Waals surface area contributed by atoms with Crippen LogP contribution in [0.3, 0.4) is 0 Å². The van der Waals surface area contributed by atoms with E-state index in [0.29, 0.717) is 11.5 Å². The van der Waals surface area contributed by atoms with Crippen molar-refractivity contribution >= 4 is 13.9 Å². The zero-order valence-corrected chi connectivity index (χ0v) is 13.8. The number of piperidine rings is 1. The van der Waals surface area contributed by atoms with Gasteiger partial charge < -0.3 is 9.71 Å². The van der Waals surface area contributed by atoms with E-state index in [1.54, 1.807) is 12.4 Å². The Hall–Kier alpha value is -2.15. The normalized spacial score (nSPS) is 24.1. The van der Waals surface area contributed by atoms with E-state index in [0.717, 1.165) is 43.7 Å². The molecule has 1 amide bonds. The Labute approximate surface area is 142 Å². The quantitative estimate of drug-likeness (QED) is 0.780. The number of aromatic nitrogens is 3. The molecule has 2 unspecified atom stereocenters. The lowest BCUT2D eigenvalue weighted by Crippen LogP contribution is -2.47. The van der Waals surface area contributed by atoms with Crippen LogP contribution < -0.4 is 0 Å². The Morgan fingerprint density at radius 1 is 1.17 bits per heavy atom. The third-order valence-electron chi connectivity index (χ3n) is 5.02. The summed E-state index contributed by atoms with van der Waals surface area (Å²) in [6.07, 6.45) is 5.40. The van der Waals surface area contributed by atoms with Gasteiger partial charge in [0.05, 0.1) is 23.6 Å². The molecule has 2 atom stereocenters. The van der Waals surface area contributed by atoms with Gasteiger partial charge in [-0.25, -0.2) is 0 Å². The third kappa shape index (κ3) is 2.73. The first-order valence-electron chi connectivity index (χ1n) is 8.40. The molecule has 2 aromatic rings. The second-order valence-electron chi connectivity index (χ2n) is 6.85. The average molecular weight is 321 g/mol. The van der Waals surface area contributed by atoms with E-state index in [1.807, 2.05) is 34.8 Å². The van der Waals surface area contributed by atoms with Crippen molar-refractivity contribution in [1.82, 2.24) is 24.7 Å². The standard InChI is InChI=1S/C17H20BN5O/c1-12-2-5-16(23-19-6-7-20-23)15(8-12)17(24)22-10-13-3-4-14(22)11-21(18)9-13/h2,5-8,13-14H,3-4,9-11H2,1H3. The van der Waals surface area contributed by atoms with Crippen LogP contribution in [0.1, 0.15) is 28.8 Å². The van der Waals surface area contributed by atoms with Crippen LogP contribution in [0.25, 0.3) is 5.69 Å². The average Bonchev–Trinajstić information content (AvgIpc) is 2.97. The summed E-state index contributed by atoms with van der Waals surface area (Å²) in [5.74, 6) is 0.504. The largest absolute Gasteiger partial charge is 0.351 e. The van der Waals surface area contributed by atoms with Crippen molar-refractivity contribution in [2.45, 2.75) is 25.8 Å². The number of rotatable bonds is 2. The lowest BCUT2D eigenvalue weighted by Gasteiger charge is -2.36. The predicted molar refractivity (Wildman–Crippen MR) is 91.0 cm³/mol. The zero-order valence-electron chi connectivity index (χ0n) is 13.8. The van der Waals surface area contributed by atoms with Gasteiger partial charge in [-0.15, -0.1) is 0 Å². The maximum Gasteiger partial charge on any atom is 0.256 e. The van der Waals surface area contributed by atoms with Crippen LogP contribution in [0.4, 0.5) is 0 Å². The number of fused-ring (bicyclic) bond motifs is 4. The Morgan fingerprint density at radius 2 is 1.96 bits per heavy atom. The second-order valence-corrected chi connectivity index (χ2v) is 6.85. The Kier molecular flexibility index (Phi) is 3.88. The van der Waals surface area contributed by atoms with Crippen molar-refractivity contribution in [1.29, 1.82) is 0 Å². The van der Waals surface area contributed by atoms with Gasteiger partial charge in [0.1, 0.15) is 0 Å². The molecule has 1 aromatic carbocycles. The van der Waals surface area contributed by atoms with E-state index in [4.69, 9.17) is 7.98 Å². The van der Waals surface area contributed by atoms with Crippen LogP contribution in [0.5, 0.6) is 0 Å². The number of nitrogens with zero attached hydrogens (tertiary/aromatic N) is 5. The van der Waals surface area contributed by atoms with E-state index in [1.165, 1.54) is 4.80 Å². The number of carbonyl (C=O) groups excluding carboxylic acids is 1. The smallest absolute Gasteiger partial charge is 0.256 e. The number of carbonyl (C=O) groups is 1. The minimum atomic E-state index is 0.0519. The molecule has 0 spiro atoms. The molecule has 7 heteroatoms. The van der Waals surface area contributed by atoms with Gasteiger partial charge in [0, 0.05) is 19.1 Å². The summed E-state index contributed by atoms with van der Waals surface area (Å²) in [5.41, 5.74) is 2.43. The number of hydrogen-bond donors (Lipinski definition) is 0. The monoisotopic (exact) mass is 321 g/mol. The Morgan fingerprint density at radius 3 is 2.75 bits per heavy atom. The molecule has 3 aliphatic heterocycles. The lowest BCUT2D eigenvalue weighted by molar-refractivity contribution is 0.0588. The van der Waals surface area contributed by atoms with Crippen molar-refractivity contribution < 1.29 is 4.79 Å². The molecule has 0 saturated carbocycles. The van der Waals surface area contributed by atoms with Gasteiger partial charge in [0.25, 0.3) is 5.91 Å². The highest BCUT2D eigenvalue weighted by Gasteiger charge is 2.36. The lowest BCUT2D eigenvalue weighted by atomic mass is 9.94. The molecule has 1 aromatic heterocycles. The molecule has 0 N–H and O–H groups in total. The SMILES string of the molecule is [B]N1CC2CCC(C1)N(C(=O)c1cc(C)ccc1-n1nccn1)C2. The minimum absolute atomic E-state index is 0.0519. The molecule has 0 aliphatic carbocycles. The zero-order chi connectivity index (χ0) is 16.7. The summed E-state index contributed by atoms with van der Waals surface area (Å²) in [7, 11) is 6.06. The van der Waals surface area contributed by atoms with Crippen LogP contribution >= 0.6 is 0 Å². The molecule has 3 fully saturated rings. The molecule has 5 rings (SSSR count). The highest BCUT2D eigenvalue weighted by molar-refractivity contribution is 6.04. The summed E-state index contributed by atoms with van der Waals surface area (Å²) >= 11 is 0. The molecule has 3 saturated heterocycles. The fraction of sp³-hybridized carbons (Fsp3) is 0.471. The van der Waals surface area contributed by atoms with Crippen LogP contribution in [-0.4, -0.2) is 64.3 Å². The summed E-state index contributed by atoms with van der Waals surface area (Å²) in [6, 6.07) is 6.00. The molecule has 6 nitrogen and oxygen atoms in total.